The molecule has 4 heteroatoms. The Kier molecular flexibility index (Phi) is 3.54. The maximum atomic E-state index is 10.9. The lowest BCUT2D eigenvalue weighted by Crippen LogP contribution is -2.53. The van der Waals surface area contributed by atoms with Gasteiger partial charge in [-0.05, 0) is 39.3 Å². The summed E-state index contributed by atoms with van der Waals surface area (Å²) in [6.07, 6.45) is 3.64. The van der Waals surface area contributed by atoms with Crippen LogP contribution in [0, 0.1) is 5.41 Å². The molecule has 0 spiro atoms. The molecule has 2 heterocycles. The van der Waals surface area contributed by atoms with Gasteiger partial charge in [0.05, 0.1) is 12.2 Å². The van der Waals surface area contributed by atoms with Crippen LogP contribution in [-0.2, 0) is 4.74 Å². The predicted molar refractivity (Wildman–Crippen MR) is 63.2 cm³/mol. The van der Waals surface area contributed by atoms with Crippen molar-refractivity contribution in [3.8, 4) is 0 Å². The molecule has 0 aromatic carbocycles. The molecule has 0 aliphatic carbocycles. The number of nitrogens with zero attached hydrogens (tertiary/aromatic N) is 1. The summed E-state index contributed by atoms with van der Waals surface area (Å²) in [5.41, 5.74) is 5.10. The topological polar surface area (TPSA) is 58.7 Å². The van der Waals surface area contributed by atoms with Crippen LogP contribution in [-0.4, -0.2) is 55.5 Å². The van der Waals surface area contributed by atoms with Crippen molar-refractivity contribution in [1.29, 1.82) is 0 Å². The predicted octanol–water partition coefficient (Wildman–Crippen LogP) is 0.199. The molecule has 0 bridgehead atoms. The van der Waals surface area contributed by atoms with Crippen LogP contribution in [0.1, 0.15) is 25.7 Å². The lowest BCUT2D eigenvalue weighted by atomic mass is 9.67. The minimum atomic E-state index is -0.622. The van der Waals surface area contributed by atoms with E-state index in [1.807, 2.05) is 0 Å². The quantitative estimate of drug-likeness (QED) is 0.709. The van der Waals surface area contributed by atoms with Gasteiger partial charge < -0.3 is 20.5 Å². The minimum Gasteiger partial charge on any atom is -0.389 e. The summed E-state index contributed by atoms with van der Waals surface area (Å²) >= 11 is 0. The van der Waals surface area contributed by atoms with E-state index in [0.717, 1.165) is 45.4 Å². The highest BCUT2D eigenvalue weighted by Gasteiger charge is 2.51. The van der Waals surface area contributed by atoms with E-state index >= 15 is 0 Å². The summed E-state index contributed by atoms with van der Waals surface area (Å²) in [4.78, 5) is 2.29. The van der Waals surface area contributed by atoms with Gasteiger partial charge in [0, 0.05) is 25.1 Å². The highest BCUT2D eigenvalue weighted by molar-refractivity contribution is 5.03. The van der Waals surface area contributed by atoms with E-state index in [1.54, 1.807) is 0 Å². The lowest BCUT2D eigenvalue weighted by Gasteiger charge is -2.43. The molecular weight excluding hydrogens is 204 g/mol. The number of likely N-dealkylation sites (tertiary alicyclic amines) is 1. The van der Waals surface area contributed by atoms with E-state index < -0.39 is 5.60 Å². The highest BCUT2D eigenvalue weighted by atomic mass is 16.5. The number of ether oxygens (including phenoxy) is 1. The van der Waals surface area contributed by atoms with Crippen molar-refractivity contribution in [3.63, 3.8) is 0 Å². The third kappa shape index (κ3) is 1.99. The fourth-order valence-corrected chi connectivity index (χ4v) is 3.11. The second kappa shape index (κ2) is 4.61. The Morgan fingerprint density at radius 1 is 1.31 bits per heavy atom. The molecule has 4 nitrogen and oxygen atoms in total. The van der Waals surface area contributed by atoms with Crippen molar-refractivity contribution in [1.82, 2.24) is 4.90 Å². The van der Waals surface area contributed by atoms with Gasteiger partial charge in [0.1, 0.15) is 0 Å². The molecule has 2 rings (SSSR count). The molecule has 3 N–H and O–H groups in total. The third-order valence-electron chi connectivity index (χ3n) is 4.52. The Labute approximate surface area is 97.7 Å². The second-order valence-electron chi connectivity index (χ2n) is 5.48. The van der Waals surface area contributed by atoms with Gasteiger partial charge in [0.25, 0.3) is 0 Å². The van der Waals surface area contributed by atoms with Crippen molar-refractivity contribution >= 4 is 0 Å². The first-order valence-electron chi connectivity index (χ1n) is 6.31. The first-order chi connectivity index (χ1) is 7.62. The Hall–Kier alpha value is -0.160. The van der Waals surface area contributed by atoms with Gasteiger partial charge in [0.15, 0.2) is 0 Å². The average Bonchev–Trinajstić information content (AvgIpc) is 2.70. The summed E-state index contributed by atoms with van der Waals surface area (Å²) in [5.74, 6) is 0. The zero-order chi connectivity index (χ0) is 11.6. The van der Waals surface area contributed by atoms with Crippen LogP contribution in [0.25, 0.3) is 0 Å². The van der Waals surface area contributed by atoms with Gasteiger partial charge in [0.2, 0.25) is 0 Å². The first kappa shape index (κ1) is 12.3. The SMILES string of the molecule is CN1CCCC(O)(C2(CN)CCOC2)CC1. The van der Waals surface area contributed by atoms with E-state index in [2.05, 4.69) is 11.9 Å². The number of aliphatic hydroxyl groups is 1. The number of hydrogen-bond acceptors (Lipinski definition) is 4. The van der Waals surface area contributed by atoms with E-state index in [0.29, 0.717) is 13.2 Å². The Morgan fingerprint density at radius 2 is 2.12 bits per heavy atom. The standard InChI is InChI=1S/C12H24N2O2/c1-14-6-2-3-12(15,4-7-14)11(9-13)5-8-16-10-11/h15H,2-10,13H2,1H3. The fourth-order valence-electron chi connectivity index (χ4n) is 3.11. The normalized spacial score (nSPS) is 42.2. The zero-order valence-electron chi connectivity index (χ0n) is 10.2. The largest absolute Gasteiger partial charge is 0.389 e. The number of nitrogens with two attached hydrogens (primary N) is 1. The summed E-state index contributed by atoms with van der Waals surface area (Å²) in [6, 6.07) is 0. The Morgan fingerprint density at radius 3 is 2.75 bits per heavy atom. The van der Waals surface area contributed by atoms with Gasteiger partial charge >= 0.3 is 0 Å². The summed E-state index contributed by atoms with van der Waals surface area (Å²) in [6.45, 7) is 3.94. The van der Waals surface area contributed by atoms with Crippen LogP contribution in [0.4, 0.5) is 0 Å². The van der Waals surface area contributed by atoms with Crippen LogP contribution in [0.5, 0.6) is 0 Å². The van der Waals surface area contributed by atoms with Crippen LogP contribution < -0.4 is 5.73 Å². The smallest absolute Gasteiger partial charge is 0.0751 e. The van der Waals surface area contributed by atoms with E-state index in [9.17, 15) is 5.11 Å². The molecule has 2 aliphatic rings. The molecule has 2 unspecified atom stereocenters. The molecule has 0 saturated carbocycles. The average molecular weight is 228 g/mol. The molecule has 2 aliphatic heterocycles. The van der Waals surface area contributed by atoms with Crippen molar-refractivity contribution in [2.75, 3.05) is 39.9 Å². The number of rotatable bonds is 2. The lowest BCUT2D eigenvalue weighted by molar-refractivity contribution is -0.0923. The minimum absolute atomic E-state index is 0.196. The van der Waals surface area contributed by atoms with Crippen LogP contribution in [0.15, 0.2) is 0 Å². The maximum Gasteiger partial charge on any atom is 0.0751 e. The third-order valence-corrected chi connectivity index (χ3v) is 4.52. The van der Waals surface area contributed by atoms with Gasteiger partial charge in [-0.25, -0.2) is 0 Å². The Balaban J connectivity index is 2.15. The molecule has 2 atom stereocenters. The fraction of sp³-hybridized carbons (Fsp3) is 1.00. The summed E-state index contributed by atoms with van der Waals surface area (Å²) in [5, 5.41) is 10.9. The zero-order valence-corrected chi connectivity index (χ0v) is 10.2. The molecular formula is C12H24N2O2. The maximum absolute atomic E-state index is 10.9. The molecule has 16 heavy (non-hydrogen) atoms. The van der Waals surface area contributed by atoms with E-state index in [4.69, 9.17) is 10.5 Å². The molecule has 0 amide bonds. The van der Waals surface area contributed by atoms with Crippen LogP contribution in [0.3, 0.4) is 0 Å². The van der Waals surface area contributed by atoms with Crippen molar-refractivity contribution in [3.05, 3.63) is 0 Å². The van der Waals surface area contributed by atoms with Crippen LogP contribution >= 0.6 is 0 Å². The molecule has 0 aromatic heterocycles. The van der Waals surface area contributed by atoms with E-state index in [-0.39, 0.29) is 5.41 Å². The number of hydrogen-bond donors (Lipinski definition) is 2. The second-order valence-corrected chi connectivity index (χ2v) is 5.48. The molecule has 94 valence electrons. The van der Waals surface area contributed by atoms with Crippen molar-refractivity contribution in [2.24, 2.45) is 11.1 Å². The van der Waals surface area contributed by atoms with Crippen molar-refractivity contribution < 1.29 is 9.84 Å². The van der Waals surface area contributed by atoms with Gasteiger partial charge in [-0.3, -0.25) is 0 Å². The summed E-state index contributed by atoms with van der Waals surface area (Å²) in [7, 11) is 2.12. The Bertz CT molecular complexity index is 241. The first-order valence-corrected chi connectivity index (χ1v) is 6.31. The van der Waals surface area contributed by atoms with Gasteiger partial charge in [-0.2, -0.15) is 0 Å². The van der Waals surface area contributed by atoms with Gasteiger partial charge in [-0.1, -0.05) is 0 Å². The van der Waals surface area contributed by atoms with Crippen LogP contribution in [0.2, 0.25) is 0 Å². The van der Waals surface area contributed by atoms with Crippen molar-refractivity contribution in [2.45, 2.75) is 31.3 Å². The molecule has 0 radical (unpaired) electrons. The van der Waals surface area contributed by atoms with E-state index in [1.165, 1.54) is 0 Å². The molecule has 2 fully saturated rings. The van der Waals surface area contributed by atoms with Gasteiger partial charge in [-0.15, -0.1) is 0 Å². The highest BCUT2D eigenvalue weighted by Crippen LogP contribution is 2.44. The molecule has 0 aromatic rings. The summed E-state index contributed by atoms with van der Waals surface area (Å²) < 4.78 is 5.48. The monoisotopic (exact) mass is 228 g/mol. The molecule has 2 saturated heterocycles.